The van der Waals surface area contributed by atoms with Gasteiger partial charge in [0.2, 0.25) is 0 Å². The molecule has 0 saturated heterocycles. The van der Waals surface area contributed by atoms with E-state index in [1.54, 1.807) is 6.33 Å². The summed E-state index contributed by atoms with van der Waals surface area (Å²) in [4.78, 5) is 4.70. The van der Waals surface area contributed by atoms with Crippen molar-refractivity contribution in [1.29, 1.82) is 0 Å². The molecule has 6 nitrogen and oxygen atoms in total. The van der Waals surface area contributed by atoms with Crippen LogP contribution in [0.5, 0.6) is 11.5 Å². The molecule has 4 heterocycles. The molecule has 8 rings (SSSR count). The van der Waals surface area contributed by atoms with Gasteiger partial charge in [-0.05, 0) is 60.0 Å². The molecule has 0 aliphatic rings. The van der Waals surface area contributed by atoms with E-state index in [1.165, 1.54) is 5.39 Å². The fourth-order valence-corrected chi connectivity index (χ4v) is 5.39. The molecule has 0 aliphatic carbocycles. The Balaban J connectivity index is 1.26. The molecule has 4 aromatic carbocycles. The Kier molecular flexibility index (Phi) is 4.13. The maximum atomic E-state index is 6.40. The summed E-state index contributed by atoms with van der Waals surface area (Å²) in [5.74, 6) is 1.49. The molecular formula is C31H19N5O. The summed E-state index contributed by atoms with van der Waals surface area (Å²) in [5, 5.41) is 14.1. The summed E-state index contributed by atoms with van der Waals surface area (Å²) in [7, 11) is 0. The van der Waals surface area contributed by atoms with Crippen LogP contribution >= 0.6 is 0 Å². The Labute approximate surface area is 211 Å². The molecule has 6 heteroatoms. The minimum absolute atomic E-state index is 0.741. The van der Waals surface area contributed by atoms with Crippen LogP contribution < -0.4 is 4.74 Å². The normalized spacial score (nSPS) is 11.8. The number of nitrogens with zero attached hydrogens (tertiary/aromatic N) is 5. The van der Waals surface area contributed by atoms with Crippen molar-refractivity contribution in [2.75, 3.05) is 0 Å². The van der Waals surface area contributed by atoms with Crippen LogP contribution in [0.2, 0.25) is 0 Å². The number of pyridine rings is 2. The standard InChI is InChI=1S/C31H19N5O/c1-3-12-28-24(9-1)23-15-14-22(18-27(23)31-34-33-19-35(28)31)37-21-8-5-7-20(17-21)36-29-13-4-2-10-25(29)26-11-6-16-32-30(26)36/h1-19H. The second kappa shape index (κ2) is 7.63. The molecule has 0 radical (unpaired) electrons. The van der Waals surface area contributed by atoms with Gasteiger partial charge in [0.15, 0.2) is 5.65 Å². The maximum absolute atomic E-state index is 6.40. The van der Waals surface area contributed by atoms with E-state index in [9.17, 15) is 0 Å². The van der Waals surface area contributed by atoms with E-state index >= 15 is 0 Å². The van der Waals surface area contributed by atoms with Crippen molar-refractivity contribution in [1.82, 2.24) is 24.1 Å². The van der Waals surface area contributed by atoms with Gasteiger partial charge in [-0.2, -0.15) is 0 Å². The SMILES string of the molecule is c1cc(Oc2ccc3c4ccccc4n4cnnc4c3c2)cc(-n2c3ccccc3c3cccnc32)c1. The second-order valence-electron chi connectivity index (χ2n) is 9.08. The Bertz CT molecular complexity index is 2090. The van der Waals surface area contributed by atoms with E-state index in [2.05, 4.69) is 81.5 Å². The molecule has 4 aromatic heterocycles. The molecule has 0 N–H and O–H groups in total. The Hall–Kier alpha value is -5.23. The molecule has 0 saturated carbocycles. The summed E-state index contributed by atoms with van der Waals surface area (Å²) in [6.07, 6.45) is 3.59. The van der Waals surface area contributed by atoms with Crippen LogP contribution in [0.15, 0.2) is 116 Å². The van der Waals surface area contributed by atoms with Crippen LogP contribution in [0.25, 0.3) is 54.9 Å². The van der Waals surface area contributed by atoms with Crippen molar-refractivity contribution < 1.29 is 4.74 Å². The highest BCUT2D eigenvalue weighted by Gasteiger charge is 2.14. The fraction of sp³-hybridized carbons (Fsp3) is 0. The zero-order chi connectivity index (χ0) is 24.3. The number of aromatic nitrogens is 5. The van der Waals surface area contributed by atoms with Crippen molar-refractivity contribution >= 4 is 49.3 Å². The molecule has 174 valence electrons. The zero-order valence-electron chi connectivity index (χ0n) is 19.6. The third-order valence-corrected chi connectivity index (χ3v) is 6.98. The van der Waals surface area contributed by atoms with Gasteiger partial charge in [0, 0.05) is 33.8 Å². The van der Waals surface area contributed by atoms with E-state index in [0.717, 1.165) is 61.1 Å². The summed E-state index contributed by atoms with van der Waals surface area (Å²) < 4.78 is 10.6. The lowest BCUT2D eigenvalue weighted by Gasteiger charge is -2.12. The lowest BCUT2D eigenvalue weighted by atomic mass is 10.1. The first-order valence-corrected chi connectivity index (χ1v) is 12.1. The molecular weight excluding hydrogens is 458 g/mol. The third-order valence-electron chi connectivity index (χ3n) is 6.98. The van der Waals surface area contributed by atoms with Gasteiger partial charge in [0.05, 0.1) is 16.7 Å². The van der Waals surface area contributed by atoms with Crippen molar-refractivity contribution in [3.05, 3.63) is 116 Å². The monoisotopic (exact) mass is 477 g/mol. The van der Waals surface area contributed by atoms with Crippen LogP contribution in [0.3, 0.4) is 0 Å². The summed E-state index contributed by atoms with van der Waals surface area (Å²) in [6.45, 7) is 0. The zero-order valence-corrected chi connectivity index (χ0v) is 19.6. The average molecular weight is 478 g/mol. The Morgan fingerprint density at radius 3 is 2.27 bits per heavy atom. The number of hydrogen-bond acceptors (Lipinski definition) is 4. The number of ether oxygens (including phenoxy) is 1. The molecule has 0 bridgehead atoms. The van der Waals surface area contributed by atoms with E-state index < -0.39 is 0 Å². The van der Waals surface area contributed by atoms with Crippen LogP contribution in [0.1, 0.15) is 0 Å². The van der Waals surface area contributed by atoms with Crippen molar-refractivity contribution in [2.24, 2.45) is 0 Å². The molecule has 0 amide bonds. The van der Waals surface area contributed by atoms with Gasteiger partial charge in [-0.25, -0.2) is 4.98 Å². The largest absolute Gasteiger partial charge is 0.457 e. The first-order chi connectivity index (χ1) is 18.3. The van der Waals surface area contributed by atoms with Gasteiger partial charge in [-0.1, -0.05) is 42.5 Å². The Morgan fingerprint density at radius 1 is 0.568 bits per heavy atom. The molecule has 0 atom stereocenters. The number of hydrogen-bond donors (Lipinski definition) is 0. The van der Waals surface area contributed by atoms with Gasteiger partial charge in [-0.3, -0.25) is 8.97 Å². The Morgan fingerprint density at radius 2 is 1.35 bits per heavy atom. The van der Waals surface area contributed by atoms with Gasteiger partial charge in [0.25, 0.3) is 0 Å². The smallest absolute Gasteiger partial charge is 0.169 e. The molecule has 0 unspecified atom stereocenters. The van der Waals surface area contributed by atoms with E-state index in [4.69, 9.17) is 9.72 Å². The minimum atomic E-state index is 0.741. The van der Waals surface area contributed by atoms with Crippen LogP contribution in [0, 0.1) is 0 Å². The van der Waals surface area contributed by atoms with Gasteiger partial charge >= 0.3 is 0 Å². The highest BCUT2D eigenvalue weighted by molar-refractivity contribution is 6.12. The third kappa shape index (κ3) is 2.96. The summed E-state index contributed by atoms with van der Waals surface area (Å²) >= 11 is 0. The van der Waals surface area contributed by atoms with E-state index in [0.29, 0.717) is 0 Å². The van der Waals surface area contributed by atoms with E-state index in [1.807, 2.05) is 47.0 Å². The first-order valence-electron chi connectivity index (χ1n) is 12.1. The summed E-state index contributed by atoms with van der Waals surface area (Å²) in [5.41, 5.74) is 4.92. The number of para-hydroxylation sites is 2. The second-order valence-corrected chi connectivity index (χ2v) is 9.08. The fourth-order valence-electron chi connectivity index (χ4n) is 5.39. The lowest BCUT2D eigenvalue weighted by Crippen LogP contribution is -1.96. The van der Waals surface area contributed by atoms with Crippen LogP contribution in [0.4, 0.5) is 0 Å². The van der Waals surface area contributed by atoms with Crippen LogP contribution in [-0.2, 0) is 0 Å². The quantitative estimate of drug-likeness (QED) is 0.250. The molecule has 0 aliphatic heterocycles. The number of fused-ring (bicyclic) bond motifs is 9. The molecule has 37 heavy (non-hydrogen) atoms. The average Bonchev–Trinajstić information content (AvgIpc) is 3.57. The predicted molar refractivity (Wildman–Crippen MR) is 147 cm³/mol. The minimum Gasteiger partial charge on any atom is -0.457 e. The topological polar surface area (TPSA) is 57.2 Å². The molecule has 0 fully saturated rings. The number of rotatable bonds is 3. The predicted octanol–water partition coefficient (Wildman–Crippen LogP) is 7.32. The first kappa shape index (κ1) is 20.0. The summed E-state index contributed by atoms with van der Waals surface area (Å²) in [6, 6.07) is 35.1. The van der Waals surface area contributed by atoms with Crippen molar-refractivity contribution in [2.45, 2.75) is 0 Å². The lowest BCUT2D eigenvalue weighted by molar-refractivity contribution is 0.483. The number of benzene rings is 4. The highest BCUT2D eigenvalue weighted by atomic mass is 16.5. The highest BCUT2D eigenvalue weighted by Crippen LogP contribution is 2.35. The van der Waals surface area contributed by atoms with Crippen molar-refractivity contribution in [3.8, 4) is 17.2 Å². The van der Waals surface area contributed by atoms with Gasteiger partial charge in [-0.15, -0.1) is 10.2 Å². The van der Waals surface area contributed by atoms with Crippen LogP contribution in [-0.4, -0.2) is 24.1 Å². The van der Waals surface area contributed by atoms with Gasteiger partial charge < -0.3 is 4.74 Å². The van der Waals surface area contributed by atoms with E-state index in [-0.39, 0.29) is 0 Å². The molecule has 0 spiro atoms. The van der Waals surface area contributed by atoms with Gasteiger partial charge in [0.1, 0.15) is 23.5 Å². The van der Waals surface area contributed by atoms with Crippen molar-refractivity contribution in [3.63, 3.8) is 0 Å². The maximum Gasteiger partial charge on any atom is 0.169 e. The molecule has 8 aromatic rings.